The summed E-state index contributed by atoms with van der Waals surface area (Å²) in [5.41, 5.74) is -0.285. The number of nitrogens with zero attached hydrogens (tertiary/aromatic N) is 1. The van der Waals surface area contributed by atoms with E-state index in [-0.39, 0.29) is 22.7 Å². The number of nitro benzene ring substituents is 1. The maximum Gasteiger partial charge on any atom is 0.331 e. The molecule has 106 valence electrons. The van der Waals surface area contributed by atoms with Crippen molar-refractivity contribution in [3.05, 3.63) is 40.0 Å². The molecule has 0 fully saturated rings. The first-order valence-corrected chi connectivity index (χ1v) is 5.40. The summed E-state index contributed by atoms with van der Waals surface area (Å²) in [6, 6.07) is 3.87. The van der Waals surface area contributed by atoms with Gasteiger partial charge in [0.2, 0.25) is 5.91 Å². The molecule has 0 radical (unpaired) electrons. The fourth-order valence-electron chi connectivity index (χ4n) is 1.35. The molecule has 0 spiro atoms. The van der Waals surface area contributed by atoms with Gasteiger partial charge in [0.15, 0.2) is 5.75 Å². The first kappa shape index (κ1) is 15.2. The van der Waals surface area contributed by atoms with E-state index >= 15 is 0 Å². The highest BCUT2D eigenvalue weighted by atomic mass is 16.6. The molecule has 0 aliphatic heterocycles. The number of anilines is 1. The van der Waals surface area contributed by atoms with Crippen LogP contribution in [0.5, 0.6) is 5.75 Å². The maximum absolute atomic E-state index is 11.5. The van der Waals surface area contributed by atoms with Crippen molar-refractivity contribution in [3.8, 4) is 5.75 Å². The van der Waals surface area contributed by atoms with Gasteiger partial charge in [-0.1, -0.05) is 0 Å². The third-order valence-corrected chi connectivity index (χ3v) is 2.33. The van der Waals surface area contributed by atoms with Crippen molar-refractivity contribution in [2.75, 3.05) is 12.4 Å². The van der Waals surface area contributed by atoms with Crippen molar-refractivity contribution in [1.82, 2.24) is 0 Å². The molecule has 0 aliphatic rings. The lowest BCUT2D eigenvalue weighted by Crippen LogP contribution is -2.11. The van der Waals surface area contributed by atoms with Crippen LogP contribution in [0.4, 0.5) is 11.4 Å². The van der Waals surface area contributed by atoms with Gasteiger partial charge >= 0.3 is 11.7 Å². The summed E-state index contributed by atoms with van der Waals surface area (Å²) in [7, 11) is 1.29. The van der Waals surface area contributed by atoms with Crippen LogP contribution in [0.1, 0.15) is 6.92 Å². The van der Waals surface area contributed by atoms with E-state index in [1.807, 2.05) is 0 Å². The highest BCUT2D eigenvalue weighted by Gasteiger charge is 2.15. The second-order valence-electron chi connectivity index (χ2n) is 3.77. The molecule has 2 N–H and O–H groups in total. The van der Waals surface area contributed by atoms with Gasteiger partial charge in [-0.2, -0.15) is 0 Å². The molecule has 0 atom stereocenters. The number of nitrogens with one attached hydrogen (secondary N) is 1. The van der Waals surface area contributed by atoms with Gasteiger partial charge in [-0.3, -0.25) is 14.9 Å². The molecule has 1 aromatic carbocycles. The Morgan fingerprint density at radius 3 is 2.60 bits per heavy atom. The number of carbonyl (C=O) groups is 2. The van der Waals surface area contributed by atoms with Crippen LogP contribution in [-0.2, 0) is 9.59 Å². The minimum absolute atomic E-state index is 0.0604. The van der Waals surface area contributed by atoms with Crippen LogP contribution in [0.25, 0.3) is 0 Å². The fraction of sp³-hybridized carbons (Fsp3) is 0.167. The van der Waals surface area contributed by atoms with Gasteiger partial charge < -0.3 is 15.2 Å². The minimum atomic E-state index is -1.22. The number of carboxylic acid groups (broad SMARTS) is 1. The molecule has 1 aromatic rings. The van der Waals surface area contributed by atoms with E-state index in [0.29, 0.717) is 0 Å². The second kappa shape index (κ2) is 6.32. The van der Waals surface area contributed by atoms with Gasteiger partial charge in [-0.25, -0.2) is 4.79 Å². The van der Waals surface area contributed by atoms with Crippen LogP contribution in [0, 0.1) is 10.1 Å². The topological polar surface area (TPSA) is 119 Å². The Morgan fingerprint density at radius 2 is 2.10 bits per heavy atom. The van der Waals surface area contributed by atoms with E-state index in [2.05, 4.69) is 5.32 Å². The Labute approximate surface area is 113 Å². The number of amides is 1. The zero-order chi connectivity index (χ0) is 15.3. The minimum Gasteiger partial charge on any atom is -0.490 e. The standard InChI is InChI=1S/C12H12N2O6/c1-7(12(16)17)5-11(15)13-8-3-4-10(20-2)9(6-8)14(18)19/h3-6H,1-2H3,(H,13,15)(H,16,17)/b7-5+. The molecule has 0 bridgehead atoms. The number of rotatable bonds is 5. The van der Waals surface area contributed by atoms with E-state index in [9.17, 15) is 19.7 Å². The van der Waals surface area contributed by atoms with Crippen molar-refractivity contribution >= 4 is 23.3 Å². The summed E-state index contributed by atoms with van der Waals surface area (Å²) in [5, 5.41) is 21.8. The zero-order valence-corrected chi connectivity index (χ0v) is 10.7. The molecule has 0 aromatic heterocycles. The van der Waals surface area contributed by atoms with Crippen LogP contribution in [-0.4, -0.2) is 29.0 Å². The Kier molecular flexibility index (Phi) is 4.79. The Balaban J connectivity index is 2.97. The number of carboxylic acids is 1. The van der Waals surface area contributed by atoms with Crippen molar-refractivity contribution in [2.24, 2.45) is 0 Å². The van der Waals surface area contributed by atoms with Gasteiger partial charge in [-0.05, 0) is 19.1 Å². The van der Waals surface area contributed by atoms with E-state index in [1.54, 1.807) is 0 Å². The van der Waals surface area contributed by atoms with Gasteiger partial charge in [0.25, 0.3) is 0 Å². The molecule has 0 heterocycles. The molecule has 1 rings (SSSR count). The molecule has 8 heteroatoms. The van der Waals surface area contributed by atoms with Crippen LogP contribution >= 0.6 is 0 Å². The molecular weight excluding hydrogens is 268 g/mol. The highest BCUT2D eigenvalue weighted by Crippen LogP contribution is 2.29. The lowest BCUT2D eigenvalue weighted by Gasteiger charge is -2.05. The number of nitro groups is 1. The Bertz CT molecular complexity index is 594. The van der Waals surface area contributed by atoms with Gasteiger partial charge in [0.1, 0.15) is 0 Å². The molecule has 0 unspecified atom stereocenters. The maximum atomic E-state index is 11.5. The third kappa shape index (κ3) is 3.80. The Morgan fingerprint density at radius 1 is 1.45 bits per heavy atom. The predicted octanol–water partition coefficient (Wildman–Crippen LogP) is 1.57. The van der Waals surface area contributed by atoms with Crippen molar-refractivity contribution < 1.29 is 24.4 Å². The molecule has 20 heavy (non-hydrogen) atoms. The van der Waals surface area contributed by atoms with E-state index in [1.165, 1.54) is 26.2 Å². The number of benzene rings is 1. The van der Waals surface area contributed by atoms with Gasteiger partial charge in [0.05, 0.1) is 12.0 Å². The van der Waals surface area contributed by atoms with Crippen molar-refractivity contribution in [2.45, 2.75) is 6.92 Å². The molecule has 0 saturated carbocycles. The van der Waals surface area contributed by atoms with Crippen molar-refractivity contribution in [3.63, 3.8) is 0 Å². The average molecular weight is 280 g/mol. The predicted molar refractivity (Wildman–Crippen MR) is 69.7 cm³/mol. The molecule has 0 aliphatic carbocycles. The summed E-state index contributed by atoms with van der Waals surface area (Å²) in [5.74, 6) is -1.85. The molecule has 0 saturated heterocycles. The summed E-state index contributed by atoms with van der Waals surface area (Å²) >= 11 is 0. The molecular formula is C12H12N2O6. The summed E-state index contributed by atoms with van der Waals surface area (Å²) in [4.78, 5) is 32.2. The highest BCUT2D eigenvalue weighted by molar-refractivity contribution is 6.04. The number of methoxy groups -OCH3 is 1. The van der Waals surface area contributed by atoms with Crippen LogP contribution in [0.15, 0.2) is 29.8 Å². The van der Waals surface area contributed by atoms with Crippen LogP contribution in [0.2, 0.25) is 0 Å². The van der Waals surface area contributed by atoms with E-state index < -0.39 is 16.8 Å². The fourth-order valence-corrected chi connectivity index (χ4v) is 1.35. The van der Waals surface area contributed by atoms with E-state index in [4.69, 9.17) is 9.84 Å². The number of hydrogen-bond acceptors (Lipinski definition) is 5. The summed E-state index contributed by atoms with van der Waals surface area (Å²) < 4.78 is 4.82. The molecule has 8 nitrogen and oxygen atoms in total. The van der Waals surface area contributed by atoms with Crippen LogP contribution < -0.4 is 10.1 Å². The lowest BCUT2D eigenvalue weighted by atomic mass is 10.2. The molecule has 1 amide bonds. The first-order chi connectivity index (χ1) is 9.35. The average Bonchev–Trinajstić information content (AvgIpc) is 2.38. The summed E-state index contributed by atoms with van der Waals surface area (Å²) in [6.45, 7) is 1.26. The number of aliphatic carboxylic acids is 1. The van der Waals surface area contributed by atoms with Gasteiger partial charge in [-0.15, -0.1) is 0 Å². The van der Waals surface area contributed by atoms with Crippen molar-refractivity contribution in [1.29, 1.82) is 0 Å². The SMILES string of the molecule is COc1ccc(NC(=O)/C=C(\C)C(=O)O)cc1[N+](=O)[O-]. The van der Waals surface area contributed by atoms with Crippen LogP contribution in [0.3, 0.4) is 0 Å². The largest absolute Gasteiger partial charge is 0.490 e. The van der Waals surface area contributed by atoms with E-state index in [0.717, 1.165) is 12.1 Å². The third-order valence-electron chi connectivity index (χ3n) is 2.33. The number of ether oxygens (including phenoxy) is 1. The summed E-state index contributed by atoms with van der Waals surface area (Å²) in [6.07, 6.45) is 0.887. The second-order valence-corrected chi connectivity index (χ2v) is 3.77. The van der Waals surface area contributed by atoms with Gasteiger partial charge in [0, 0.05) is 23.4 Å². The Hall–Kier alpha value is -2.90. The normalized spacial score (nSPS) is 10.8. The number of hydrogen-bond donors (Lipinski definition) is 2. The smallest absolute Gasteiger partial charge is 0.331 e. The monoisotopic (exact) mass is 280 g/mol. The quantitative estimate of drug-likeness (QED) is 0.480. The zero-order valence-electron chi connectivity index (χ0n) is 10.7. The number of carbonyl (C=O) groups excluding carboxylic acids is 1. The lowest BCUT2D eigenvalue weighted by molar-refractivity contribution is -0.385. The first-order valence-electron chi connectivity index (χ1n) is 5.40.